The molecule has 0 aliphatic carbocycles. The Morgan fingerprint density at radius 2 is 1.80 bits per heavy atom. The number of halogens is 3. The molecule has 0 N–H and O–H groups in total. The Bertz CT molecular complexity index is 626. The van der Waals surface area contributed by atoms with Gasteiger partial charge in [-0.15, -0.1) is 11.6 Å². The molecule has 2 aromatic carbocycles. The Hall–Kier alpha value is -1.94. The lowest BCUT2D eigenvalue weighted by Gasteiger charge is -2.10. The van der Waals surface area contributed by atoms with Gasteiger partial charge in [0.1, 0.15) is 11.2 Å². The van der Waals surface area contributed by atoms with E-state index in [2.05, 4.69) is 0 Å². The van der Waals surface area contributed by atoms with E-state index in [-0.39, 0.29) is 11.3 Å². The number of hydrogen-bond acceptors (Lipinski definition) is 2. The van der Waals surface area contributed by atoms with Crippen LogP contribution in [-0.4, -0.2) is 12.9 Å². The van der Waals surface area contributed by atoms with Gasteiger partial charge in [0.2, 0.25) is 0 Å². The second-order valence-electron chi connectivity index (χ2n) is 4.13. The summed E-state index contributed by atoms with van der Waals surface area (Å²) in [6.45, 7) is 0. The van der Waals surface area contributed by atoms with Crippen molar-refractivity contribution in [2.24, 2.45) is 0 Å². The van der Waals surface area contributed by atoms with E-state index in [1.807, 2.05) is 0 Å². The monoisotopic (exact) mass is 296 g/mol. The first-order valence-corrected chi connectivity index (χ1v) is 6.24. The van der Waals surface area contributed by atoms with Crippen molar-refractivity contribution >= 4 is 17.4 Å². The average molecular weight is 297 g/mol. The van der Waals surface area contributed by atoms with Crippen LogP contribution in [-0.2, 0) is 0 Å². The summed E-state index contributed by atoms with van der Waals surface area (Å²) in [4.78, 5) is 12.1. The SMILES string of the molecule is COc1ccc(C(=O)C(Cl)c2ccc(F)cc2)cc1F. The zero-order chi connectivity index (χ0) is 14.7. The molecule has 0 aromatic heterocycles. The van der Waals surface area contributed by atoms with Crippen LogP contribution in [0.15, 0.2) is 42.5 Å². The Kier molecular flexibility index (Phi) is 4.35. The fourth-order valence-electron chi connectivity index (χ4n) is 1.75. The van der Waals surface area contributed by atoms with Gasteiger partial charge in [0.15, 0.2) is 17.3 Å². The molecule has 0 saturated carbocycles. The number of alkyl halides is 1. The van der Waals surface area contributed by atoms with E-state index in [1.54, 1.807) is 0 Å². The van der Waals surface area contributed by atoms with E-state index >= 15 is 0 Å². The lowest BCUT2D eigenvalue weighted by Crippen LogP contribution is -2.08. The van der Waals surface area contributed by atoms with E-state index in [1.165, 1.54) is 43.5 Å². The fraction of sp³-hybridized carbons (Fsp3) is 0.133. The normalized spacial score (nSPS) is 12.0. The number of carbonyl (C=O) groups is 1. The van der Waals surface area contributed by atoms with Crippen LogP contribution < -0.4 is 4.74 Å². The van der Waals surface area contributed by atoms with E-state index in [0.29, 0.717) is 5.56 Å². The van der Waals surface area contributed by atoms with E-state index < -0.39 is 22.8 Å². The van der Waals surface area contributed by atoms with E-state index in [0.717, 1.165) is 6.07 Å². The summed E-state index contributed by atoms with van der Waals surface area (Å²) in [5.74, 6) is -1.46. The summed E-state index contributed by atoms with van der Waals surface area (Å²) in [6.07, 6.45) is 0. The van der Waals surface area contributed by atoms with Crippen molar-refractivity contribution in [3.63, 3.8) is 0 Å². The number of ketones is 1. The second-order valence-corrected chi connectivity index (χ2v) is 4.56. The van der Waals surface area contributed by atoms with Gasteiger partial charge in [-0.05, 0) is 35.9 Å². The number of benzene rings is 2. The van der Waals surface area contributed by atoms with Crippen LogP contribution >= 0.6 is 11.6 Å². The van der Waals surface area contributed by atoms with Crippen molar-refractivity contribution in [3.8, 4) is 5.75 Å². The van der Waals surface area contributed by atoms with Crippen LogP contribution in [0.1, 0.15) is 21.3 Å². The molecule has 0 radical (unpaired) electrons. The van der Waals surface area contributed by atoms with Gasteiger partial charge >= 0.3 is 0 Å². The summed E-state index contributed by atoms with van der Waals surface area (Å²) in [7, 11) is 1.34. The summed E-state index contributed by atoms with van der Waals surface area (Å²) >= 11 is 6.04. The zero-order valence-electron chi connectivity index (χ0n) is 10.6. The van der Waals surface area contributed by atoms with E-state index in [4.69, 9.17) is 16.3 Å². The first-order chi connectivity index (χ1) is 9.52. The molecule has 0 saturated heterocycles. The molecule has 2 rings (SSSR count). The predicted molar refractivity (Wildman–Crippen MR) is 72.3 cm³/mol. The molecular formula is C15H11ClF2O2. The molecule has 0 amide bonds. The third kappa shape index (κ3) is 2.96. The topological polar surface area (TPSA) is 26.3 Å². The van der Waals surface area contributed by atoms with E-state index in [9.17, 15) is 13.6 Å². The molecule has 0 aliphatic heterocycles. The maximum atomic E-state index is 13.6. The molecule has 0 fully saturated rings. The zero-order valence-corrected chi connectivity index (χ0v) is 11.3. The Balaban J connectivity index is 2.26. The van der Waals surface area contributed by atoms with Crippen molar-refractivity contribution < 1.29 is 18.3 Å². The summed E-state index contributed by atoms with van der Waals surface area (Å²) in [6, 6.07) is 9.13. The van der Waals surface area contributed by atoms with Gasteiger partial charge in [0.05, 0.1) is 7.11 Å². The van der Waals surface area contributed by atoms with Gasteiger partial charge in [0, 0.05) is 5.56 Å². The Labute approximate surface area is 119 Å². The molecule has 0 heterocycles. The highest BCUT2D eigenvalue weighted by molar-refractivity contribution is 6.33. The largest absolute Gasteiger partial charge is 0.494 e. The minimum absolute atomic E-state index is 0.0504. The summed E-state index contributed by atoms with van der Waals surface area (Å²) in [5.41, 5.74) is 0.585. The van der Waals surface area contributed by atoms with Crippen LogP contribution in [0, 0.1) is 11.6 Å². The number of rotatable bonds is 4. The highest BCUT2D eigenvalue weighted by atomic mass is 35.5. The van der Waals surface area contributed by atoms with Gasteiger partial charge in [-0.25, -0.2) is 8.78 Å². The van der Waals surface area contributed by atoms with Crippen molar-refractivity contribution in [3.05, 3.63) is 65.2 Å². The number of Topliss-reactive ketones (excluding diaryl/α,β-unsaturated/α-hetero) is 1. The van der Waals surface area contributed by atoms with Crippen LogP contribution in [0.25, 0.3) is 0 Å². The van der Waals surface area contributed by atoms with Gasteiger partial charge in [0.25, 0.3) is 0 Å². The third-order valence-electron chi connectivity index (χ3n) is 2.83. The quantitative estimate of drug-likeness (QED) is 0.626. The first kappa shape index (κ1) is 14.5. The molecule has 5 heteroatoms. The second kappa shape index (κ2) is 6.01. The molecule has 0 bridgehead atoms. The average Bonchev–Trinajstić information content (AvgIpc) is 2.46. The van der Waals surface area contributed by atoms with Crippen LogP contribution in [0.4, 0.5) is 8.78 Å². The molecular weight excluding hydrogens is 286 g/mol. The van der Waals surface area contributed by atoms with Crippen molar-refractivity contribution in [2.75, 3.05) is 7.11 Å². The van der Waals surface area contributed by atoms with Crippen LogP contribution in [0.5, 0.6) is 5.75 Å². The summed E-state index contributed by atoms with van der Waals surface area (Å²) in [5, 5.41) is -0.997. The Morgan fingerprint density at radius 1 is 1.15 bits per heavy atom. The third-order valence-corrected chi connectivity index (χ3v) is 3.28. The molecule has 2 nitrogen and oxygen atoms in total. The van der Waals surface area contributed by atoms with Crippen molar-refractivity contribution in [2.45, 2.75) is 5.38 Å². The van der Waals surface area contributed by atoms with Gasteiger partial charge in [-0.1, -0.05) is 12.1 Å². The number of carbonyl (C=O) groups excluding carboxylic acids is 1. The molecule has 1 unspecified atom stereocenters. The molecule has 0 spiro atoms. The summed E-state index contributed by atoms with van der Waals surface area (Å²) < 4.78 is 31.2. The van der Waals surface area contributed by atoms with Gasteiger partial charge < -0.3 is 4.74 Å². The predicted octanol–water partition coefficient (Wildman–Crippen LogP) is 4.14. The highest BCUT2D eigenvalue weighted by Gasteiger charge is 2.20. The number of ether oxygens (including phenoxy) is 1. The van der Waals surface area contributed by atoms with Crippen molar-refractivity contribution in [1.82, 2.24) is 0 Å². The molecule has 0 aliphatic rings. The maximum Gasteiger partial charge on any atom is 0.185 e. The lowest BCUT2D eigenvalue weighted by atomic mass is 10.0. The standard InChI is InChI=1S/C15H11ClF2O2/c1-20-13-7-4-10(8-12(13)18)15(19)14(16)9-2-5-11(17)6-3-9/h2-8,14H,1H3. The molecule has 20 heavy (non-hydrogen) atoms. The maximum absolute atomic E-state index is 13.6. The first-order valence-electron chi connectivity index (χ1n) is 5.80. The molecule has 2 aromatic rings. The molecule has 104 valence electrons. The fourth-order valence-corrected chi connectivity index (χ4v) is 2.02. The lowest BCUT2D eigenvalue weighted by molar-refractivity contribution is 0.0986. The smallest absolute Gasteiger partial charge is 0.185 e. The van der Waals surface area contributed by atoms with Crippen molar-refractivity contribution in [1.29, 1.82) is 0 Å². The number of hydrogen-bond donors (Lipinski definition) is 0. The van der Waals surface area contributed by atoms with Crippen LogP contribution in [0.3, 0.4) is 0 Å². The Morgan fingerprint density at radius 3 is 2.35 bits per heavy atom. The van der Waals surface area contributed by atoms with Gasteiger partial charge in [-0.3, -0.25) is 4.79 Å². The van der Waals surface area contributed by atoms with Gasteiger partial charge in [-0.2, -0.15) is 0 Å². The highest BCUT2D eigenvalue weighted by Crippen LogP contribution is 2.27. The van der Waals surface area contributed by atoms with Crippen LogP contribution in [0.2, 0.25) is 0 Å². The minimum Gasteiger partial charge on any atom is -0.494 e. The molecule has 1 atom stereocenters. The minimum atomic E-state index is -0.997. The number of methoxy groups -OCH3 is 1.